The molecule has 0 aromatic carbocycles. The molecule has 0 aliphatic carbocycles. The number of carbonyl (C=O) groups is 1. The summed E-state index contributed by atoms with van der Waals surface area (Å²) in [7, 11) is 0. The van der Waals surface area contributed by atoms with Gasteiger partial charge in [-0.1, -0.05) is 0 Å². The summed E-state index contributed by atoms with van der Waals surface area (Å²) in [5.74, 6) is 0.0817. The number of aromatic nitrogens is 3. The number of aryl methyl sites for hydroxylation is 1. The number of thiazole rings is 1. The smallest absolute Gasteiger partial charge is 0.229 e. The highest BCUT2D eigenvalue weighted by molar-refractivity contribution is 7.09. The van der Waals surface area contributed by atoms with Crippen LogP contribution in [0, 0.1) is 6.92 Å². The van der Waals surface area contributed by atoms with Crippen molar-refractivity contribution in [3.8, 4) is 0 Å². The van der Waals surface area contributed by atoms with E-state index in [1.807, 2.05) is 23.3 Å². The van der Waals surface area contributed by atoms with Gasteiger partial charge in [0.15, 0.2) is 0 Å². The van der Waals surface area contributed by atoms with Gasteiger partial charge >= 0.3 is 0 Å². The first kappa shape index (κ1) is 13.3. The Morgan fingerprint density at radius 3 is 3.25 bits per heavy atom. The predicted molar refractivity (Wildman–Crippen MR) is 74.4 cm³/mol. The highest BCUT2D eigenvalue weighted by atomic mass is 32.1. The first-order chi connectivity index (χ1) is 9.74. The maximum absolute atomic E-state index is 12.5. The molecule has 0 unspecified atom stereocenters. The lowest BCUT2D eigenvalue weighted by atomic mass is 10.1. The fraction of sp³-hybridized carbons (Fsp3) is 0.462. The van der Waals surface area contributed by atoms with Crippen LogP contribution in [0.25, 0.3) is 0 Å². The van der Waals surface area contributed by atoms with E-state index in [1.54, 1.807) is 17.5 Å². The molecule has 3 heterocycles. The maximum Gasteiger partial charge on any atom is 0.229 e. The molecule has 6 nitrogen and oxygen atoms in total. The number of ether oxygens (including phenoxy) is 1. The second kappa shape index (κ2) is 5.72. The van der Waals surface area contributed by atoms with Crippen LogP contribution in [-0.4, -0.2) is 45.7 Å². The van der Waals surface area contributed by atoms with E-state index in [9.17, 15) is 4.79 Å². The molecule has 1 N–H and O–H groups in total. The average molecular weight is 292 g/mol. The Balaban J connectivity index is 1.74. The second-order valence-corrected chi connectivity index (χ2v) is 5.79. The van der Waals surface area contributed by atoms with Crippen molar-refractivity contribution in [1.29, 1.82) is 0 Å². The van der Waals surface area contributed by atoms with E-state index in [0.29, 0.717) is 26.2 Å². The topological polar surface area (TPSA) is 71.1 Å². The van der Waals surface area contributed by atoms with Gasteiger partial charge in [-0.25, -0.2) is 4.98 Å². The molecule has 20 heavy (non-hydrogen) atoms. The van der Waals surface area contributed by atoms with Gasteiger partial charge in [-0.2, -0.15) is 5.10 Å². The van der Waals surface area contributed by atoms with Crippen LogP contribution >= 0.6 is 11.3 Å². The van der Waals surface area contributed by atoms with Crippen LogP contribution in [0.2, 0.25) is 0 Å². The molecule has 0 bridgehead atoms. The van der Waals surface area contributed by atoms with Gasteiger partial charge in [0.25, 0.3) is 0 Å². The molecule has 1 amide bonds. The van der Waals surface area contributed by atoms with Crippen molar-refractivity contribution < 1.29 is 9.53 Å². The summed E-state index contributed by atoms with van der Waals surface area (Å²) in [5, 5.41) is 9.80. The third-order valence-electron chi connectivity index (χ3n) is 3.33. The Morgan fingerprint density at radius 1 is 1.65 bits per heavy atom. The van der Waals surface area contributed by atoms with E-state index in [1.165, 1.54) is 0 Å². The number of hydrogen-bond acceptors (Lipinski definition) is 5. The van der Waals surface area contributed by atoms with Crippen LogP contribution in [0.15, 0.2) is 17.6 Å². The molecule has 2 aromatic rings. The minimum atomic E-state index is -0.0847. The lowest BCUT2D eigenvalue weighted by Gasteiger charge is -2.34. The second-order valence-electron chi connectivity index (χ2n) is 4.72. The number of carbonyl (C=O) groups excluding carboxylic acids is 1. The Bertz CT molecular complexity index is 581. The zero-order valence-electron chi connectivity index (χ0n) is 11.2. The summed E-state index contributed by atoms with van der Waals surface area (Å²) < 4.78 is 5.49. The van der Waals surface area contributed by atoms with Gasteiger partial charge in [-0.3, -0.25) is 9.89 Å². The molecule has 1 fully saturated rings. The number of amides is 1. The van der Waals surface area contributed by atoms with E-state index in [0.717, 1.165) is 16.4 Å². The van der Waals surface area contributed by atoms with Gasteiger partial charge in [-0.05, 0) is 13.0 Å². The number of nitrogens with one attached hydrogen (secondary N) is 1. The van der Waals surface area contributed by atoms with E-state index in [2.05, 4.69) is 15.2 Å². The molecule has 106 valence electrons. The molecule has 1 atom stereocenters. The maximum atomic E-state index is 12.5. The summed E-state index contributed by atoms with van der Waals surface area (Å²) in [6.45, 7) is 3.63. The summed E-state index contributed by atoms with van der Waals surface area (Å²) in [6.07, 6.45) is 2.03. The highest BCUT2D eigenvalue weighted by Gasteiger charge is 2.29. The van der Waals surface area contributed by atoms with Gasteiger partial charge in [0.05, 0.1) is 42.1 Å². The van der Waals surface area contributed by atoms with Crippen LogP contribution in [0.4, 0.5) is 0 Å². The number of H-pyrrole nitrogens is 1. The number of nitrogens with zero attached hydrogens (tertiary/aromatic N) is 3. The number of rotatable bonds is 3. The molecular weight excluding hydrogens is 276 g/mol. The van der Waals surface area contributed by atoms with E-state index in [4.69, 9.17) is 4.74 Å². The third kappa shape index (κ3) is 2.73. The van der Waals surface area contributed by atoms with Gasteiger partial charge in [0.1, 0.15) is 0 Å². The van der Waals surface area contributed by atoms with Crippen LogP contribution in [0.5, 0.6) is 0 Å². The summed E-state index contributed by atoms with van der Waals surface area (Å²) in [5.41, 5.74) is 1.75. The van der Waals surface area contributed by atoms with Crippen molar-refractivity contribution in [1.82, 2.24) is 20.1 Å². The van der Waals surface area contributed by atoms with Crippen LogP contribution in [-0.2, 0) is 16.0 Å². The fourth-order valence-electron chi connectivity index (χ4n) is 2.36. The number of hydrogen-bond donors (Lipinski definition) is 1. The molecule has 3 rings (SSSR count). The first-order valence-corrected chi connectivity index (χ1v) is 7.39. The Labute approximate surface area is 120 Å². The van der Waals surface area contributed by atoms with Crippen LogP contribution in [0.3, 0.4) is 0 Å². The zero-order valence-corrected chi connectivity index (χ0v) is 12.0. The lowest BCUT2D eigenvalue weighted by Crippen LogP contribution is -2.44. The minimum Gasteiger partial charge on any atom is -0.377 e. The molecule has 0 spiro atoms. The minimum absolute atomic E-state index is 0.0817. The standard InChI is InChI=1S/C13H16N4O2S/c1-9-15-10(8-20-9)6-13(18)17-4-5-19-7-12(17)11-2-3-14-16-11/h2-3,8,12H,4-7H2,1H3,(H,14,16)/t12-/m0/s1. The normalized spacial score (nSPS) is 19.2. The summed E-state index contributed by atoms with van der Waals surface area (Å²) in [4.78, 5) is 18.7. The van der Waals surface area contributed by atoms with Crippen LogP contribution < -0.4 is 0 Å². The SMILES string of the molecule is Cc1nc(CC(=O)N2CCOC[C@H]2c2ccn[nH]2)cs1. The zero-order chi connectivity index (χ0) is 13.9. The fourth-order valence-corrected chi connectivity index (χ4v) is 2.97. The van der Waals surface area contributed by atoms with Crippen molar-refractivity contribution in [2.45, 2.75) is 19.4 Å². The van der Waals surface area contributed by atoms with Gasteiger partial charge in [0, 0.05) is 18.1 Å². The number of morpholine rings is 1. The van der Waals surface area contributed by atoms with Gasteiger partial charge in [0.2, 0.25) is 5.91 Å². The highest BCUT2D eigenvalue weighted by Crippen LogP contribution is 2.23. The van der Waals surface area contributed by atoms with E-state index >= 15 is 0 Å². The average Bonchev–Trinajstić information content (AvgIpc) is 3.10. The molecule has 1 aliphatic rings. The molecule has 0 saturated carbocycles. The van der Waals surface area contributed by atoms with Crippen molar-refractivity contribution in [3.63, 3.8) is 0 Å². The molecule has 1 aliphatic heterocycles. The van der Waals surface area contributed by atoms with E-state index in [-0.39, 0.29) is 11.9 Å². The lowest BCUT2D eigenvalue weighted by molar-refractivity contribution is -0.139. The summed E-state index contributed by atoms with van der Waals surface area (Å²) in [6, 6.07) is 1.80. The van der Waals surface area contributed by atoms with E-state index < -0.39 is 0 Å². The molecule has 0 radical (unpaired) electrons. The van der Waals surface area contributed by atoms with Crippen molar-refractivity contribution in [2.75, 3.05) is 19.8 Å². The molecule has 1 saturated heterocycles. The van der Waals surface area contributed by atoms with Crippen molar-refractivity contribution in [3.05, 3.63) is 34.0 Å². The molecular formula is C13H16N4O2S. The van der Waals surface area contributed by atoms with Gasteiger partial charge in [-0.15, -0.1) is 11.3 Å². The van der Waals surface area contributed by atoms with Crippen molar-refractivity contribution in [2.24, 2.45) is 0 Å². The predicted octanol–water partition coefficient (Wildman–Crippen LogP) is 1.32. The Hall–Kier alpha value is -1.73. The van der Waals surface area contributed by atoms with Gasteiger partial charge < -0.3 is 9.64 Å². The Kier molecular flexibility index (Phi) is 3.79. The molecule has 7 heteroatoms. The Morgan fingerprint density at radius 2 is 2.55 bits per heavy atom. The summed E-state index contributed by atoms with van der Waals surface area (Å²) >= 11 is 1.57. The quantitative estimate of drug-likeness (QED) is 0.926. The van der Waals surface area contributed by atoms with Crippen LogP contribution in [0.1, 0.15) is 22.4 Å². The number of aromatic amines is 1. The first-order valence-electron chi connectivity index (χ1n) is 6.51. The van der Waals surface area contributed by atoms with Crippen molar-refractivity contribution >= 4 is 17.2 Å². The monoisotopic (exact) mass is 292 g/mol. The third-order valence-corrected chi connectivity index (χ3v) is 4.15. The largest absolute Gasteiger partial charge is 0.377 e. The molecule has 2 aromatic heterocycles.